The number of nitrogens with two attached hydrogens (primary N) is 1. The van der Waals surface area contributed by atoms with Crippen molar-refractivity contribution in [1.29, 1.82) is 0 Å². The molecule has 1 fully saturated rings. The molecule has 2 aromatic rings. The smallest absolute Gasteiger partial charge is 0.406 e. The number of morpholine rings is 1. The first-order chi connectivity index (χ1) is 14.3. The van der Waals surface area contributed by atoms with Gasteiger partial charge in [0.25, 0.3) is 0 Å². The van der Waals surface area contributed by atoms with Gasteiger partial charge in [0.1, 0.15) is 5.75 Å². The predicted octanol–water partition coefficient (Wildman–Crippen LogP) is 4.31. The van der Waals surface area contributed by atoms with Crippen molar-refractivity contribution in [2.75, 3.05) is 38.2 Å². The number of nitrogens with one attached hydrogen (secondary N) is 1. The summed E-state index contributed by atoms with van der Waals surface area (Å²) in [7, 11) is 0. The molecule has 0 amide bonds. The summed E-state index contributed by atoms with van der Waals surface area (Å²) in [6, 6.07) is 13.7. The largest absolute Gasteiger partial charge is 0.573 e. The molecule has 31 heavy (non-hydrogen) atoms. The minimum absolute atomic E-state index is 0. The van der Waals surface area contributed by atoms with E-state index in [1.807, 2.05) is 6.92 Å². The van der Waals surface area contributed by atoms with Crippen LogP contribution in [0, 0.1) is 6.92 Å². The molecule has 1 heterocycles. The molecule has 0 aliphatic carbocycles. The number of nitrogens with zero attached hydrogens (tertiary/aromatic N) is 2. The lowest BCUT2D eigenvalue weighted by molar-refractivity contribution is -0.274. The lowest BCUT2D eigenvalue weighted by atomic mass is 10.0. The number of anilines is 1. The molecule has 0 bridgehead atoms. The SMILES string of the molecule is Cc1ccc(C(CN=C(N)Nc2ccc(OC(F)(F)F)cc2)N2CCOCC2)cc1.I. The summed E-state index contributed by atoms with van der Waals surface area (Å²) >= 11 is 0. The van der Waals surface area contributed by atoms with Gasteiger partial charge in [-0.3, -0.25) is 9.89 Å². The molecule has 2 aromatic carbocycles. The first-order valence-electron chi connectivity index (χ1n) is 9.61. The van der Waals surface area contributed by atoms with Gasteiger partial charge >= 0.3 is 6.36 Å². The van der Waals surface area contributed by atoms with E-state index in [4.69, 9.17) is 10.5 Å². The Balaban J connectivity index is 0.00000341. The molecule has 10 heteroatoms. The number of hydrogen-bond acceptors (Lipinski definition) is 4. The second-order valence-electron chi connectivity index (χ2n) is 7.00. The summed E-state index contributed by atoms with van der Waals surface area (Å²) in [5.74, 6) is -0.111. The van der Waals surface area contributed by atoms with Crippen LogP contribution in [0.2, 0.25) is 0 Å². The van der Waals surface area contributed by atoms with Gasteiger partial charge in [-0.15, -0.1) is 37.1 Å². The number of halogens is 4. The van der Waals surface area contributed by atoms with E-state index < -0.39 is 6.36 Å². The molecule has 170 valence electrons. The fourth-order valence-corrected chi connectivity index (χ4v) is 3.22. The predicted molar refractivity (Wildman–Crippen MR) is 125 cm³/mol. The quantitative estimate of drug-likeness (QED) is 0.319. The van der Waals surface area contributed by atoms with E-state index in [-0.39, 0.29) is 41.7 Å². The van der Waals surface area contributed by atoms with Crippen LogP contribution >= 0.6 is 24.0 Å². The van der Waals surface area contributed by atoms with Gasteiger partial charge in [0.15, 0.2) is 5.96 Å². The minimum Gasteiger partial charge on any atom is -0.406 e. The summed E-state index contributed by atoms with van der Waals surface area (Å²) in [4.78, 5) is 6.78. The topological polar surface area (TPSA) is 72.1 Å². The van der Waals surface area contributed by atoms with E-state index in [1.54, 1.807) is 0 Å². The number of rotatable bonds is 6. The van der Waals surface area contributed by atoms with E-state index in [1.165, 1.54) is 29.8 Å². The van der Waals surface area contributed by atoms with Crippen molar-refractivity contribution in [2.24, 2.45) is 10.7 Å². The number of aliphatic imine (C=N–C) groups is 1. The Morgan fingerprint density at radius 3 is 2.32 bits per heavy atom. The maximum Gasteiger partial charge on any atom is 0.573 e. The Morgan fingerprint density at radius 2 is 1.74 bits per heavy atom. The lowest BCUT2D eigenvalue weighted by Crippen LogP contribution is -2.40. The van der Waals surface area contributed by atoms with Crippen LogP contribution in [0.5, 0.6) is 5.75 Å². The molecule has 0 radical (unpaired) electrons. The molecule has 0 aromatic heterocycles. The summed E-state index contributed by atoms with van der Waals surface area (Å²) in [5, 5.41) is 2.90. The number of aryl methyl sites for hydroxylation is 1. The number of guanidine groups is 1. The number of alkyl halides is 3. The maximum absolute atomic E-state index is 12.3. The van der Waals surface area contributed by atoms with Gasteiger partial charge in [0, 0.05) is 18.8 Å². The number of benzene rings is 2. The molecule has 1 atom stereocenters. The monoisotopic (exact) mass is 550 g/mol. The molecular formula is C21H26F3IN4O2. The summed E-state index contributed by atoms with van der Waals surface area (Å²) in [5.41, 5.74) is 8.86. The Labute approximate surface area is 196 Å². The Bertz CT molecular complexity index is 839. The van der Waals surface area contributed by atoms with E-state index in [2.05, 4.69) is 44.2 Å². The van der Waals surface area contributed by atoms with Crippen LogP contribution in [-0.2, 0) is 4.74 Å². The Morgan fingerprint density at radius 1 is 1.13 bits per heavy atom. The molecular weight excluding hydrogens is 524 g/mol. The van der Waals surface area contributed by atoms with Gasteiger partial charge in [-0.25, -0.2) is 0 Å². The molecule has 1 aliphatic heterocycles. The van der Waals surface area contributed by atoms with Gasteiger partial charge in [-0.1, -0.05) is 29.8 Å². The second kappa shape index (κ2) is 11.5. The summed E-state index contributed by atoms with van der Waals surface area (Å²) < 4.78 is 46.1. The first kappa shape index (κ1) is 25.2. The van der Waals surface area contributed by atoms with Crippen molar-refractivity contribution < 1.29 is 22.6 Å². The van der Waals surface area contributed by atoms with Crippen LogP contribution in [0.3, 0.4) is 0 Å². The van der Waals surface area contributed by atoms with Crippen LogP contribution in [0.4, 0.5) is 18.9 Å². The van der Waals surface area contributed by atoms with Crippen molar-refractivity contribution in [2.45, 2.75) is 19.3 Å². The van der Waals surface area contributed by atoms with Crippen LogP contribution < -0.4 is 15.8 Å². The minimum atomic E-state index is -4.72. The van der Waals surface area contributed by atoms with E-state index >= 15 is 0 Å². The average Bonchev–Trinajstić information content (AvgIpc) is 2.71. The third kappa shape index (κ3) is 8.19. The molecule has 3 rings (SSSR count). The second-order valence-corrected chi connectivity index (χ2v) is 7.00. The van der Waals surface area contributed by atoms with E-state index in [0.29, 0.717) is 25.4 Å². The molecule has 1 saturated heterocycles. The fraction of sp³-hybridized carbons (Fsp3) is 0.381. The van der Waals surface area contributed by atoms with Crippen LogP contribution in [-0.4, -0.2) is 50.1 Å². The van der Waals surface area contributed by atoms with Crippen molar-refractivity contribution in [1.82, 2.24) is 4.90 Å². The highest BCUT2D eigenvalue weighted by molar-refractivity contribution is 14.0. The average molecular weight is 550 g/mol. The van der Waals surface area contributed by atoms with Crippen LogP contribution in [0.25, 0.3) is 0 Å². The number of hydrogen-bond donors (Lipinski definition) is 2. The van der Waals surface area contributed by atoms with Crippen LogP contribution in [0.1, 0.15) is 17.2 Å². The van der Waals surface area contributed by atoms with Gasteiger partial charge in [-0.2, -0.15) is 0 Å². The highest BCUT2D eigenvalue weighted by atomic mass is 127. The third-order valence-electron chi connectivity index (χ3n) is 4.74. The lowest BCUT2D eigenvalue weighted by Gasteiger charge is -2.34. The van der Waals surface area contributed by atoms with Gasteiger partial charge in [-0.05, 0) is 36.8 Å². The molecule has 6 nitrogen and oxygen atoms in total. The Kier molecular flexibility index (Phi) is 9.38. The normalized spacial score (nSPS) is 16.3. The van der Waals surface area contributed by atoms with E-state index in [0.717, 1.165) is 18.7 Å². The molecule has 1 aliphatic rings. The highest BCUT2D eigenvalue weighted by Crippen LogP contribution is 2.25. The summed E-state index contributed by atoms with van der Waals surface area (Å²) in [6.45, 7) is 5.44. The zero-order valence-electron chi connectivity index (χ0n) is 17.1. The molecule has 1 unspecified atom stereocenters. The zero-order chi connectivity index (χ0) is 21.6. The van der Waals surface area contributed by atoms with Crippen molar-refractivity contribution in [3.8, 4) is 5.75 Å². The molecule has 0 saturated carbocycles. The fourth-order valence-electron chi connectivity index (χ4n) is 3.22. The van der Waals surface area contributed by atoms with Crippen molar-refractivity contribution in [3.05, 3.63) is 59.7 Å². The molecule has 3 N–H and O–H groups in total. The van der Waals surface area contributed by atoms with Gasteiger partial charge in [0.05, 0.1) is 25.8 Å². The Hall–Kier alpha value is -2.05. The van der Waals surface area contributed by atoms with Crippen molar-refractivity contribution >= 4 is 35.6 Å². The van der Waals surface area contributed by atoms with E-state index in [9.17, 15) is 13.2 Å². The zero-order valence-corrected chi connectivity index (χ0v) is 19.4. The summed E-state index contributed by atoms with van der Waals surface area (Å²) in [6.07, 6.45) is -4.72. The maximum atomic E-state index is 12.3. The standard InChI is InChI=1S/C21H25F3N4O2.HI/c1-15-2-4-16(5-3-15)19(28-10-12-29-13-11-28)14-26-20(25)27-17-6-8-18(9-7-17)30-21(22,23)24;/h2-9,19H,10-14H2,1H3,(H3,25,26,27);1H. The van der Waals surface area contributed by atoms with Crippen molar-refractivity contribution in [3.63, 3.8) is 0 Å². The third-order valence-corrected chi connectivity index (χ3v) is 4.74. The first-order valence-corrected chi connectivity index (χ1v) is 9.61. The molecule has 0 spiro atoms. The van der Waals surface area contributed by atoms with Crippen LogP contribution in [0.15, 0.2) is 53.5 Å². The van der Waals surface area contributed by atoms with Gasteiger partial charge < -0.3 is 20.5 Å². The van der Waals surface area contributed by atoms with Gasteiger partial charge in [0.2, 0.25) is 0 Å². The number of ether oxygens (including phenoxy) is 2. The highest BCUT2D eigenvalue weighted by Gasteiger charge is 2.31.